The zero-order valence-corrected chi connectivity index (χ0v) is 15.5. The predicted molar refractivity (Wildman–Crippen MR) is 95.7 cm³/mol. The van der Waals surface area contributed by atoms with Crippen molar-refractivity contribution in [1.82, 2.24) is 19.8 Å². The van der Waals surface area contributed by atoms with Gasteiger partial charge in [-0.15, -0.1) is 0 Å². The first kappa shape index (κ1) is 19.9. The van der Waals surface area contributed by atoms with Gasteiger partial charge in [-0.25, -0.2) is 4.98 Å². The number of aromatic nitrogens is 2. The molecule has 8 nitrogen and oxygen atoms in total. The molecule has 8 heteroatoms. The van der Waals surface area contributed by atoms with Gasteiger partial charge in [0.05, 0.1) is 17.9 Å². The van der Waals surface area contributed by atoms with E-state index in [0.717, 1.165) is 38.0 Å². The zero-order chi connectivity index (χ0) is 19.1. The Balaban J connectivity index is 0.000000758. The number of fused-ring (bicyclic) bond motifs is 1. The van der Waals surface area contributed by atoms with E-state index in [4.69, 9.17) is 9.90 Å². The predicted octanol–water partition coefficient (Wildman–Crippen LogP) is 1.15. The van der Waals surface area contributed by atoms with Crippen molar-refractivity contribution in [1.29, 1.82) is 0 Å². The summed E-state index contributed by atoms with van der Waals surface area (Å²) in [6.07, 6.45) is 6.66. The smallest absolute Gasteiger partial charge is 0.290 e. The van der Waals surface area contributed by atoms with Gasteiger partial charge >= 0.3 is 0 Å². The summed E-state index contributed by atoms with van der Waals surface area (Å²) in [6, 6.07) is 0. The Morgan fingerprint density at radius 3 is 2.73 bits per heavy atom. The third kappa shape index (κ3) is 5.06. The fourth-order valence-electron chi connectivity index (χ4n) is 3.19. The van der Waals surface area contributed by atoms with E-state index in [1.165, 1.54) is 12.8 Å². The van der Waals surface area contributed by atoms with Crippen LogP contribution in [0.1, 0.15) is 48.8 Å². The molecule has 2 aliphatic rings. The van der Waals surface area contributed by atoms with Crippen molar-refractivity contribution in [2.45, 2.75) is 45.6 Å². The van der Waals surface area contributed by atoms with Crippen molar-refractivity contribution in [3.63, 3.8) is 0 Å². The molecule has 1 saturated carbocycles. The van der Waals surface area contributed by atoms with Crippen LogP contribution in [0.2, 0.25) is 0 Å². The molecule has 144 valence electrons. The lowest BCUT2D eigenvalue weighted by Crippen LogP contribution is -2.37. The maximum atomic E-state index is 12.4. The summed E-state index contributed by atoms with van der Waals surface area (Å²) in [5, 5.41) is 9.95. The van der Waals surface area contributed by atoms with Crippen LogP contribution in [0.3, 0.4) is 0 Å². The molecule has 0 spiro atoms. The van der Waals surface area contributed by atoms with Gasteiger partial charge in [-0.2, -0.15) is 0 Å². The van der Waals surface area contributed by atoms with Gasteiger partial charge in [0.1, 0.15) is 5.69 Å². The number of amides is 2. The SMILES string of the molecule is CCCN(C)C(=O)c1ncn2c1CCC(C(=O)NCC1CC1)C2.O=CO. The van der Waals surface area contributed by atoms with Crippen molar-refractivity contribution in [3.8, 4) is 0 Å². The summed E-state index contributed by atoms with van der Waals surface area (Å²) in [5.41, 5.74) is 1.53. The number of hydrogen-bond acceptors (Lipinski definition) is 4. The summed E-state index contributed by atoms with van der Waals surface area (Å²) in [5.74, 6) is 0.820. The Kier molecular flexibility index (Phi) is 7.17. The Morgan fingerprint density at radius 1 is 1.42 bits per heavy atom. The molecule has 1 atom stereocenters. The highest BCUT2D eigenvalue weighted by molar-refractivity contribution is 5.93. The fraction of sp³-hybridized carbons (Fsp3) is 0.667. The van der Waals surface area contributed by atoms with Crippen LogP contribution in [0, 0.1) is 11.8 Å². The first-order valence-corrected chi connectivity index (χ1v) is 9.16. The van der Waals surface area contributed by atoms with E-state index < -0.39 is 0 Å². The molecule has 0 bridgehead atoms. The van der Waals surface area contributed by atoms with Crippen molar-refractivity contribution in [2.24, 2.45) is 11.8 Å². The van der Waals surface area contributed by atoms with Gasteiger partial charge in [0.25, 0.3) is 12.4 Å². The molecule has 1 aromatic heterocycles. The largest absolute Gasteiger partial charge is 0.483 e. The Hall–Kier alpha value is -2.38. The number of hydrogen-bond donors (Lipinski definition) is 2. The van der Waals surface area contributed by atoms with Crippen molar-refractivity contribution >= 4 is 18.3 Å². The lowest BCUT2D eigenvalue weighted by atomic mass is 9.96. The molecule has 0 aromatic carbocycles. The lowest BCUT2D eigenvalue weighted by molar-refractivity contribution is -0.126. The van der Waals surface area contributed by atoms with E-state index in [9.17, 15) is 9.59 Å². The maximum absolute atomic E-state index is 12.4. The molecule has 1 fully saturated rings. The molecule has 1 aromatic rings. The van der Waals surface area contributed by atoms with Gasteiger partial charge in [-0.05, 0) is 38.0 Å². The van der Waals surface area contributed by atoms with E-state index in [0.29, 0.717) is 18.2 Å². The molecular formula is C18H28N4O4. The number of nitrogens with zero attached hydrogens (tertiary/aromatic N) is 3. The van der Waals surface area contributed by atoms with Crippen LogP contribution >= 0.6 is 0 Å². The molecule has 0 radical (unpaired) electrons. The zero-order valence-electron chi connectivity index (χ0n) is 15.5. The number of carboxylic acid groups (broad SMARTS) is 1. The molecule has 26 heavy (non-hydrogen) atoms. The van der Waals surface area contributed by atoms with Crippen LogP contribution in [-0.2, 0) is 22.6 Å². The standard InChI is InChI=1S/C17H26N4O2.CH2O2/c1-3-8-20(2)17(23)15-14-7-6-13(10-21(14)11-19-15)16(22)18-9-12-4-5-12;2-1-3/h11-13H,3-10H2,1-2H3,(H,18,22);1H,(H,2,3). The molecule has 1 unspecified atom stereocenters. The minimum atomic E-state index is -0.250. The monoisotopic (exact) mass is 364 g/mol. The van der Waals surface area contributed by atoms with Crippen LogP contribution in [0.25, 0.3) is 0 Å². The second-order valence-corrected chi connectivity index (χ2v) is 6.95. The van der Waals surface area contributed by atoms with Crippen molar-refractivity contribution < 1.29 is 19.5 Å². The van der Waals surface area contributed by atoms with Crippen LogP contribution in [0.5, 0.6) is 0 Å². The first-order chi connectivity index (χ1) is 12.5. The lowest BCUT2D eigenvalue weighted by Gasteiger charge is -2.24. The van der Waals surface area contributed by atoms with Crippen molar-refractivity contribution in [3.05, 3.63) is 17.7 Å². The number of rotatable bonds is 6. The molecule has 1 aliphatic heterocycles. The Morgan fingerprint density at radius 2 is 2.12 bits per heavy atom. The van der Waals surface area contributed by atoms with E-state index in [-0.39, 0.29) is 24.2 Å². The summed E-state index contributed by atoms with van der Waals surface area (Å²) in [6.45, 7) is 3.98. The Labute approximate surface area is 153 Å². The van der Waals surface area contributed by atoms with Gasteiger partial charge in [0, 0.05) is 26.7 Å². The van der Waals surface area contributed by atoms with Crippen LogP contribution in [0.4, 0.5) is 0 Å². The van der Waals surface area contributed by atoms with Crippen molar-refractivity contribution in [2.75, 3.05) is 20.1 Å². The molecule has 2 amide bonds. The number of carbonyl (C=O) groups excluding carboxylic acids is 2. The van der Waals surface area contributed by atoms with Gasteiger partial charge in [0.15, 0.2) is 0 Å². The minimum absolute atomic E-state index is 0.00762. The fourth-order valence-corrected chi connectivity index (χ4v) is 3.19. The van der Waals surface area contributed by atoms with Crippen LogP contribution < -0.4 is 5.32 Å². The third-order valence-electron chi connectivity index (χ3n) is 4.83. The average molecular weight is 364 g/mol. The van der Waals surface area contributed by atoms with Crippen LogP contribution in [-0.4, -0.2) is 58.0 Å². The second-order valence-electron chi connectivity index (χ2n) is 6.95. The van der Waals surface area contributed by atoms with Crippen LogP contribution in [0.15, 0.2) is 6.33 Å². The Bertz CT molecular complexity index is 639. The summed E-state index contributed by atoms with van der Waals surface area (Å²) in [7, 11) is 1.81. The first-order valence-electron chi connectivity index (χ1n) is 9.16. The minimum Gasteiger partial charge on any atom is -0.483 e. The summed E-state index contributed by atoms with van der Waals surface area (Å²) >= 11 is 0. The van der Waals surface area contributed by atoms with Gasteiger partial charge in [0.2, 0.25) is 5.91 Å². The topological polar surface area (TPSA) is 105 Å². The summed E-state index contributed by atoms with van der Waals surface area (Å²) in [4.78, 5) is 39.1. The normalized spacial score (nSPS) is 18.2. The highest BCUT2D eigenvalue weighted by Gasteiger charge is 2.30. The average Bonchev–Trinajstić information content (AvgIpc) is 3.37. The van der Waals surface area contributed by atoms with E-state index in [1.807, 2.05) is 11.6 Å². The van der Waals surface area contributed by atoms with E-state index in [2.05, 4.69) is 17.2 Å². The number of carbonyl (C=O) groups is 3. The summed E-state index contributed by atoms with van der Waals surface area (Å²) < 4.78 is 1.98. The van der Waals surface area contributed by atoms with Gasteiger partial charge in [-0.1, -0.05) is 6.92 Å². The number of imidazole rings is 1. The molecule has 3 rings (SSSR count). The molecule has 2 heterocycles. The third-order valence-corrected chi connectivity index (χ3v) is 4.83. The molecule has 1 aliphatic carbocycles. The molecule has 0 saturated heterocycles. The second kappa shape index (κ2) is 9.35. The highest BCUT2D eigenvalue weighted by atomic mass is 16.3. The van der Waals surface area contributed by atoms with Gasteiger partial charge < -0.3 is 19.9 Å². The highest BCUT2D eigenvalue weighted by Crippen LogP contribution is 2.28. The number of nitrogens with one attached hydrogen (secondary N) is 1. The van der Waals surface area contributed by atoms with E-state index >= 15 is 0 Å². The van der Waals surface area contributed by atoms with Gasteiger partial charge in [-0.3, -0.25) is 14.4 Å². The quantitative estimate of drug-likeness (QED) is 0.737. The molecule has 2 N–H and O–H groups in total. The maximum Gasteiger partial charge on any atom is 0.290 e. The van der Waals surface area contributed by atoms with E-state index in [1.54, 1.807) is 11.2 Å². The molecular weight excluding hydrogens is 336 g/mol.